The Morgan fingerprint density at radius 2 is 1.83 bits per heavy atom. The van der Waals surface area contributed by atoms with Crippen molar-refractivity contribution in [3.63, 3.8) is 0 Å². The summed E-state index contributed by atoms with van der Waals surface area (Å²) in [4.78, 5) is 24.1. The first-order valence-corrected chi connectivity index (χ1v) is 7.89. The van der Waals surface area contributed by atoms with E-state index in [1.807, 2.05) is 0 Å². The summed E-state index contributed by atoms with van der Waals surface area (Å²) in [6.07, 6.45) is 0. The zero-order valence-electron chi connectivity index (χ0n) is 12.4. The van der Waals surface area contributed by atoms with Crippen LogP contribution in [0.5, 0.6) is 11.5 Å². The number of halogens is 2. The van der Waals surface area contributed by atoms with E-state index in [9.17, 15) is 14.0 Å². The fourth-order valence-electron chi connectivity index (χ4n) is 2.16. The summed E-state index contributed by atoms with van der Waals surface area (Å²) >= 11 is 3.14. The van der Waals surface area contributed by atoms with Crippen molar-refractivity contribution in [1.82, 2.24) is 0 Å². The number of esters is 1. The predicted molar refractivity (Wildman–Crippen MR) is 86.1 cm³/mol. The minimum Gasteiger partial charge on any atom is -0.486 e. The lowest BCUT2D eigenvalue weighted by atomic mass is 10.1. The zero-order valence-corrected chi connectivity index (χ0v) is 14.0. The number of hydrogen-bond acceptors (Lipinski definition) is 5. The summed E-state index contributed by atoms with van der Waals surface area (Å²) in [6.45, 7) is 0.412. The van der Waals surface area contributed by atoms with Gasteiger partial charge in [0.25, 0.3) is 0 Å². The topological polar surface area (TPSA) is 61.8 Å². The standard InChI is InChI=1S/C17H12BrFO5/c18-13-3-2-11(19)8-12(13)17(21)24-9-14(20)10-1-4-15-16(7-10)23-6-5-22-15/h1-4,7-8H,5-6,9H2. The van der Waals surface area contributed by atoms with Gasteiger partial charge in [-0.15, -0.1) is 0 Å². The van der Waals surface area contributed by atoms with Gasteiger partial charge in [0, 0.05) is 10.0 Å². The Labute approximate surface area is 145 Å². The fraction of sp³-hybridized carbons (Fsp3) is 0.176. The second kappa shape index (κ2) is 7.00. The largest absolute Gasteiger partial charge is 0.486 e. The van der Waals surface area contributed by atoms with Crippen LogP contribution in [0.4, 0.5) is 4.39 Å². The van der Waals surface area contributed by atoms with Crippen LogP contribution in [-0.4, -0.2) is 31.6 Å². The second-order valence-electron chi connectivity index (χ2n) is 4.98. The molecule has 0 aromatic heterocycles. The Morgan fingerprint density at radius 3 is 2.62 bits per heavy atom. The van der Waals surface area contributed by atoms with Gasteiger partial charge in [-0.3, -0.25) is 4.79 Å². The highest BCUT2D eigenvalue weighted by Gasteiger charge is 2.18. The van der Waals surface area contributed by atoms with Crippen LogP contribution in [0, 0.1) is 5.82 Å². The number of carbonyl (C=O) groups is 2. The molecule has 2 aromatic carbocycles. The summed E-state index contributed by atoms with van der Waals surface area (Å²) in [5.74, 6) is -0.701. The highest BCUT2D eigenvalue weighted by molar-refractivity contribution is 9.10. The minimum absolute atomic E-state index is 0.0185. The molecule has 2 aromatic rings. The molecule has 0 amide bonds. The van der Waals surface area contributed by atoms with Crippen LogP contribution in [0.15, 0.2) is 40.9 Å². The van der Waals surface area contributed by atoms with Crippen LogP contribution in [0.1, 0.15) is 20.7 Å². The molecule has 0 unspecified atom stereocenters. The van der Waals surface area contributed by atoms with Crippen molar-refractivity contribution in [2.45, 2.75) is 0 Å². The van der Waals surface area contributed by atoms with E-state index in [-0.39, 0.29) is 5.56 Å². The number of benzene rings is 2. The molecule has 124 valence electrons. The van der Waals surface area contributed by atoms with Crippen LogP contribution in [0.2, 0.25) is 0 Å². The average Bonchev–Trinajstić information content (AvgIpc) is 2.61. The third-order valence-corrected chi connectivity index (χ3v) is 4.04. The Balaban J connectivity index is 1.67. The fourth-order valence-corrected chi connectivity index (χ4v) is 2.57. The summed E-state index contributed by atoms with van der Waals surface area (Å²) < 4.78 is 29.3. The maximum Gasteiger partial charge on any atom is 0.339 e. The molecule has 1 aliphatic heterocycles. The Kier molecular flexibility index (Phi) is 4.80. The van der Waals surface area contributed by atoms with Crippen molar-refractivity contribution in [1.29, 1.82) is 0 Å². The third-order valence-electron chi connectivity index (χ3n) is 3.35. The van der Waals surface area contributed by atoms with Gasteiger partial charge in [-0.05, 0) is 52.3 Å². The van der Waals surface area contributed by atoms with E-state index in [0.29, 0.717) is 34.7 Å². The number of ether oxygens (including phenoxy) is 3. The molecule has 0 atom stereocenters. The van der Waals surface area contributed by atoms with Gasteiger partial charge in [-0.2, -0.15) is 0 Å². The first-order chi connectivity index (χ1) is 11.5. The molecule has 7 heteroatoms. The van der Waals surface area contributed by atoms with Gasteiger partial charge in [0.05, 0.1) is 5.56 Å². The zero-order chi connectivity index (χ0) is 17.1. The molecule has 24 heavy (non-hydrogen) atoms. The maximum atomic E-state index is 13.2. The van der Waals surface area contributed by atoms with Crippen molar-refractivity contribution >= 4 is 27.7 Å². The van der Waals surface area contributed by atoms with Crippen LogP contribution in [0.3, 0.4) is 0 Å². The van der Waals surface area contributed by atoms with Crippen molar-refractivity contribution in [2.24, 2.45) is 0 Å². The number of Topliss-reactive ketones (excluding diaryl/α,β-unsaturated/α-hetero) is 1. The molecular weight excluding hydrogens is 383 g/mol. The lowest BCUT2D eigenvalue weighted by molar-refractivity contribution is 0.0473. The molecule has 0 spiro atoms. The van der Waals surface area contributed by atoms with Crippen molar-refractivity contribution in [3.05, 3.63) is 57.8 Å². The van der Waals surface area contributed by atoms with Gasteiger partial charge in [-0.1, -0.05) is 0 Å². The summed E-state index contributed by atoms with van der Waals surface area (Å²) in [7, 11) is 0. The lowest BCUT2D eigenvalue weighted by Gasteiger charge is -2.18. The normalized spacial score (nSPS) is 12.6. The molecule has 5 nitrogen and oxygen atoms in total. The third kappa shape index (κ3) is 3.56. The number of ketones is 1. The quantitative estimate of drug-likeness (QED) is 0.587. The molecule has 0 aliphatic carbocycles. The van der Waals surface area contributed by atoms with Gasteiger partial charge in [0.2, 0.25) is 0 Å². The van der Waals surface area contributed by atoms with E-state index >= 15 is 0 Å². The molecule has 0 radical (unpaired) electrons. The number of hydrogen-bond donors (Lipinski definition) is 0. The second-order valence-corrected chi connectivity index (χ2v) is 5.84. The van der Waals surface area contributed by atoms with Gasteiger partial charge in [0.1, 0.15) is 19.0 Å². The van der Waals surface area contributed by atoms with Crippen LogP contribution in [0.25, 0.3) is 0 Å². The molecule has 0 fully saturated rings. The summed E-state index contributed by atoms with van der Waals surface area (Å²) in [6, 6.07) is 8.40. The molecular formula is C17H12BrFO5. The van der Waals surface area contributed by atoms with Gasteiger partial charge in [-0.25, -0.2) is 9.18 Å². The molecule has 0 bridgehead atoms. The maximum absolute atomic E-state index is 13.2. The van der Waals surface area contributed by atoms with Gasteiger partial charge < -0.3 is 14.2 Å². The highest BCUT2D eigenvalue weighted by atomic mass is 79.9. The molecule has 0 saturated carbocycles. The Morgan fingerprint density at radius 1 is 1.08 bits per heavy atom. The van der Waals surface area contributed by atoms with E-state index in [1.165, 1.54) is 12.1 Å². The minimum atomic E-state index is -0.785. The van der Waals surface area contributed by atoms with Crippen molar-refractivity contribution in [3.8, 4) is 11.5 Å². The average molecular weight is 395 g/mol. The van der Waals surface area contributed by atoms with Crippen LogP contribution < -0.4 is 9.47 Å². The van der Waals surface area contributed by atoms with Gasteiger partial charge >= 0.3 is 5.97 Å². The number of rotatable bonds is 4. The highest BCUT2D eigenvalue weighted by Crippen LogP contribution is 2.30. The summed E-state index contributed by atoms with van der Waals surface area (Å²) in [5.41, 5.74) is 0.357. The SMILES string of the molecule is O=C(COC(=O)c1cc(F)ccc1Br)c1ccc2c(c1)OCCO2. The number of fused-ring (bicyclic) bond motifs is 1. The molecule has 3 rings (SSSR count). The Hall–Kier alpha value is -2.41. The molecule has 0 N–H and O–H groups in total. The van der Waals surface area contributed by atoms with Crippen molar-refractivity contribution < 1.29 is 28.2 Å². The first-order valence-electron chi connectivity index (χ1n) is 7.09. The predicted octanol–water partition coefficient (Wildman–Crippen LogP) is 3.40. The van der Waals surface area contributed by atoms with E-state index < -0.39 is 24.2 Å². The van der Waals surface area contributed by atoms with Gasteiger partial charge in [0.15, 0.2) is 23.9 Å². The first kappa shape index (κ1) is 16.4. The van der Waals surface area contributed by atoms with E-state index in [1.54, 1.807) is 18.2 Å². The summed E-state index contributed by atoms with van der Waals surface area (Å²) in [5, 5.41) is 0. The monoisotopic (exact) mass is 394 g/mol. The smallest absolute Gasteiger partial charge is 0.339 e. The van der Waals surface area contributed by atoms with E-state index in [4.69, 9.17) is 14.2 Å². The number of carbonyl (C=O) groups excluding carboxylic acids is 2. The molecule has 0 saturated heterocycles. The lowest BCUT2D eigenvalue weighted by Crippen LogP contribution is -2.17. The molecule has 1 aliphatic rings. The van der Waals surface area contributed by atoms with Crippen molar-refractivity contribution in [2.75, 3.05) is 19.8 Å². The van der Waals surface area contributed by atoms with Crippen LogP contribution in [-0.2, 0) is 4.74 Å². The van der Waals surface area contributed by atoms with E-state index in [0.717, 1.165) is 6.07 Å². The van der Waals surface area contributed by atoms with Crippen LogP contribution >= 0.6 is 15.9 Å². The Bertz CT molecular complexity index is 806. The molecule has 1 heterocycles. The van der Waals surface area contributed by atoms with E-state index in [2.05, 4.69) is 15.9 Å².